The zero-order valence-electron chi connectivity index (χ0n) is 12.6. The highest BCUT2D eigenvalue weighted by molar-refractivity contribution is 5.52. The Balaban J connectivity index is 2.07. The van der Waals surface area contributed by atoms with Gasteiger partial charge in [-0.15, -0.1) is 0 Å². The maximum Gasteiger partial charge on any atom is 0.122 e. The van der Waals surface area contributed by atoms with Gasteiger partial charge in [0, 0.05) is 0 Å². The van der Waals surface area contributed by atoms with Gasteiger partial charge in [-0.05, 0) is 79.0 Å². The molecule has 1 aromatic rings. The van der Waals surface area contributed by atoms with Gasteiger partial charge in [0.25, 0.3) is 0 Å². The van der Waals surface area contributed by atoms with Crippen molar-refractivity contribution in [2.24, 2.45) is 5.92 Å². The highest BCUT2D eigenvalue weighted by atomic mass is 16.5. The van der Waals surface area contributed by atoms with Crippen LogP contribution >= 0.6 is 0 Å². The van der Waals surface area contributed by atoms with E-state index in [1.807, 2.05) is 7.11 Å². The fraction of sp³-hybridized carbons (Fsp3) is 0.667. The second-order valence-corrected chi connectivity index (χ2v) is 6.60. The Labute approximate surface area is 117 Å². The van der Waals surface area contributed by atoms with Gasteiger partial charge in [-0.2, -0.15) is 0 Å². The molecule has 2 aliphatic carbocycles. The average Bonchev–Trinajstić information content (AvgIpc) is 2.81. The third kappa shape index (κ3) is 1.98. The monoisotopic (exact) mass is 258 g/mol. The molecule has 2 aliphatic rings. The first-order chi connectivity index (χ1) is 9.20. The molecule has 104 valence electrons. The van der Waals surface area contributed by atoms with Gasteiger partial charge < -0.3 is 4.74 Å². The Morgan fingerprint density at radius 3 is 2.58 bits per heavy atom. The maximum atomic E-state index is 5.61. The van der Waals surface area contributed by atoms with E-state index >= 15 is 0 Å². The van der Waals surface area contributed by atoms with E-state index in [4.69, 9.17) is 4.74 Å². The molecule has 1 saturated carbocycles. The van der Waals surface area contributed by atoms with E-state index in [2.05, 4.69) is 26.0 Å². The van der Waals surface area contributed by atoms with Crippen LogP contribution in [0.4, 0.5) is 0 Å². The lowest BCUT2D eigenvalue weighted by atomic mass is 9.66. The predicted octanol–water partition coefficient (Wildman–Crippen LogP) is 4.65. The lowest BCUT2D eigenvalue weighted by Gasteiger charge is -2.38. The molecule has 0 radical (unpaired) electrons. The molecular weight excluding hydrogens is 232 g/mol. The third-order valence-electron chi connectivity index (χ3n) is 5.57. The molecule has 0 aromatic heterocycles. The quantitative estimate of drug-likeness (QED) is 0.750. The van der Waals surface area contributed by atoms with Crippen LogP contribution in [0.15, 0.2) is 12.1 Å². The second-order valence-electron chi connectivity index (χ2n) is 6.60. The number of methoxy groups -OCH3 is 1. The second kappa shape index (κ2) is 4.85. The van der Waals surface area contributed by atoms with Crippen LogP contribution in [0, 0.1) is 5.92 Å². The van der Waals surface area contributed by atoms with Crippen molar-refractivity contribution in [3.8, 4) is 5.75 Å². The number of ether oxygens (including phenoxy) is 1. The van der Waals surface area contributed by atoms with Crippen molar-refractivity contribution < 1.29 is 4.74 Å². The summed E-state index contributed by atoms with van der Waals surface area (Å²) in [5.41, 5.74) is 5.27. The zero-order chi connectivity index (χ0) is 13.5. The molecule has 0 unspecified atom stereocenters. The van der Waals surface area contributed by atoms with Gasteiger partial charge in [0.2, 0.25) is 0 Å². The van der Waals surface area contributed by atoms with Gasteiger partial charge in [-0.25, -0.2) is 0 Å². The normalized spacial score (nSPS) is 29.5. The first-order valence-electron chi connectivity index (χ1n) is 7.89. The molecule has 1 spiro atoms. The summed E-state index contributed by atoms with van der Waals surface area (Å²) < 4.78 is 5.61. The van der Waals surface area contributed by atoms with E-state index in [0.717, 1.165) is 18.1 Å². The van der Waals surface area contributed by atoms with Crippen LogP contribution in [0.3, 0.4) is 0 Å². The number of benzene rings is 1. The predicted molar refractivity (Wildman–Crippen MR) is 80.0 cm³/mol. The molecule has 1 aromatic carbocycles. The molecule has 0 atom stereocenters. The van der Waals surface area contributed by atoms with E-state index in [-0.39, 0.29) is 0 Å². The minimum atomic E-state index is 0.488. The van der Waals surface area contributed by atoms with Gasteiger partial charge in [0.1, 0.15) is 5.75 Å². The van der Waals surface area contributed by atoms with Crippen LogP contribution in [0.2, 0.25) is 0 Å². The summed E-state index contributed by atoms with van der Waals surface area (Å²) in [6, 6.07) is 4.49. The van der Waals surface area contributed by atoms with Gasteiger partial charge >= 0.3 is 0 Å². The van der Waals surface area contributed by atoms with Crippen LogP contribution < -0.4 is 4.74 Å². The molecule has 3 rings (SSSR count). The highest BCUT2D eigenvalue weighted by Gasteiger charge is 2.43. The Morgan fingerprint density at radius 2 is 1.95 bits per heavy atom. The van der Waals surface area contributed by atoms with E-state index in [9.17, 15) is 0 Å². The minimum Gasteiger partial charge on any atom is -0.496 e. The largest absolute Gasteiger partial charge is 0.496 e. The van der Waals surface area contributed by atoms with Crippen molar-refractivity contribution in [3.63, 3.8) is 0 Å². The SMILES string of the molecule is CCc1ccc(OC)c2c1C1(CC2)CCC(C)CC1. The number of fused-ring (bicyclic) bond motifs is 2. The van der Waals surface area contributed by atoms with Crippen LogP contribution in [0.5, 0.6) is 5.75 Å². The molecule has 0 amide bonds. The van der Waals surface area contributed by atoms with E-state index in [1.165, 1.54) is 44.1 Å². The first kappa shape index (κ1) is 13.0. The Morgan fingerprint density at radius 1 is 1.21 bits per heavy atom. The number of hydrogen-bond donors (Lipinski definition) is 0. The van der Waals surface area contributed by atoms with Crippen molar-refractivity contribution in [2.75, 3.05) is 7.11 Å². The van der Waals surface area contributed by atoms with Gasteiger partial charge in [-0.3, -0.25) is 0 Å². The Kier molecular flexibility index (Phi) is 3.32. The minimum absolute atomic E-state index is 0.488. The van der Waals surface area contributed by atoms with Crippen LogP contribution in [0.1, 0.15) is 62.6 Å². The maximum absolute atomic E-state index is 5.61. The highest BCUT2D eigenvalue weighted by Crippen LogP contribution is 2.53. The van der Waals surface area contributed by atoms with Crippen molar-refractivity contribution in [2.45, 2.75) is 64.2 Å². The smallest absolute Gasteiger partial charge is 0.122 e. The first-order valence-corrected chi connectivity index (χ1v) is 7.89. The number of rotatable bonds is 2. The number of aryl methyl sites for hydroxylation is 1. The van der Waals surface area contributed by atoms with Crippen molar-refractivity contribution in [1.29, 1.82) is 0 Å². The summed E-state index contributed by atoms with van der Waals surface area (Å²) in [4.78, 5) is 0. The summed E-state index contributed by atoms with van der Waals surface area (Å²) in [6.45, 7) is 4.70. The summed E-state index contributed by atoms with van der Waals surface area (Å²) in [7, 11) is 1.81. The van der Waals surface area contributed by atoms with Gasteiger partial charge in [0.05, 0.1) is 7.11 Å². The van der Waals surface area contributed by atoms with Crippen molar-refractivity contribution in [1.82, 2.24) is 0 Å². The number of hydrogen-bond acceptors (Lipinski definition) is 1. The van der Waals surface area contributed by atoms with Crippen LogP contribution in [0.25, 0.3) is 0 Å². The van der Waals surface area contributed by atoms with Gasteiger partial charge in [-0.1, -0.05) is 19.9 Å². The third-order valence-corrected chi connectivity index (χ3v) is 5.57. The van der Waals surface area contributed by atoms with Crippen molar-refractivity contribution in [3.05, 3.63) is 28.8 Å². The fourth-order valence-electron chi connectivity index (χ4n) is 4.38. The summed E-state index contributed by atoms with van der Waals surface area (Å²) >= 11 is 0. The average molecular weight is 258 g/mol. The van der Waals surface area contributed by atoms with Crippen LogP contribution in [-0.2, 0) is 18.3 Å². The summed E-state index contributed by atoms with van der Waals surface area (Å²) in [6.07, 6.45) is 9.31. The standard InChI is InChI=1S/C18H26O/c1-4-14-5-6-16(19-3)15-9-12-18(17(14)15)10-7-13(2)8-11-18/h5-6,13H,4,7-12H2,1-3H3. The van der Waals surface area contributed by atoms with Crippen molar-refractivity contribution >= 4 is 0 Å². The molecule has 1 fully saturated rings. The molecule has 0 aliphatic heterocycles. The van der Waals surface area contributed by atoms with E-state index in [0.29, 0.717) is 5.41 Å². The molecule has 1 nitrogen and oxygen atoms in total. The topological polar surface area (TPSA) is 9.23 Å². The van der Waals surface area contributed by atoms with Crippen LogP contribution in [-0.4, -0.2) is 7.11 Å². The summed E-state index contributed by atoms with van der Waals surface area (Å²) in [5.74, 6) is 2.05. The van der Waals surface area contributed by atoms with E-state index < -0.39 is 0 Å². The van der Waals surface area contributed by atoms with Gasteiger partial charge in [0.15, 0.2) is 0 Å². The fourth-order valence-corrected chi connectivity index (χ4v) is 4.38. The Bertz CT molecular complexity index is 467. The molecule has 0 bridgehead atoms. The molecule has 19 heavy (non-hydrogen) atoms. The van der Waals surface area contributed by atoms with E-state index in [1.54, 1.807) is 11.1 Å². The molecule has 1 heteroatoms. The lowest BCUT2D eigenvalue weighted by Crippen LogP contribution is -2.29. The lowest BCUT2D eigenvalue weighted by molar-refractivity contribution is 0.240. The molecular formula is C18H26O. The molecule has 0 heterocycles. The summed E-state index contributed by atoms with van der Waals surface area (Å²) in [5, 5.41) is 0. The molecule has 0 saturated heterocycles. The zero-order valence-corrected chi connectivity index (χ0v) is 12.6. The molecule has 0 N–H and O–H groups in total. The Hall–Kier alpha value is -0.980.